The highest BCUT2D eigenvalue weighted by atomic mass is 35.5. The van der Waals surface area contributed by atoms with E-state index in [0.717, 1.165) is 44.2 Å². The summed E-state index contributed by atoms with van der Waals surface area (Å²) >= 11 is 6.10. The van der Waals surface area contributed by atoms with Crippen LogP contribution in [0.3, 0.4) is 0 Å². The van der Waals surface area contributed by atoms with Gasteiger partial charge in [0.2, 0.25) is 0 Å². The molecule has 1 saturated carbocycles. The maximum absolute atomic E-state index is 6.10. The molecule has 0 saturated heterocycles. The standard InChI is InChI=1S/C18H21ClN4/c19-16-11-17(22-18(21-16)14-5-6-14)20-8-10-23-9-7-13-3-1-2-4-15(13)12-23/h1-4,11,14H,5-10,12H2,(H,20,21,22). The Hall–Kier alpha value is -1.65. The molecule has 1 aromatic heterocycles. The zero-order chi connectivity index (χ0) is 15.6. The lowest BCUT2D eigenvalue weighted by molar-refractivity contribution is 0.264. The van der Waals surface area contributed by atoms with E-state index >= 15 is 0 Å². The Balaban J connectivity index is 1.32. The molecule has 23 heavy (non-hydrogen) atoms. The molecule has 120 valence electrons. The number of halogens is 1. The zero-order valence-electron chi connectivity index (χ0n) is 13.1. The highest BCUT2D eigenvalue weighted by Gasteiger charge is 2.27. The molecule has 0 unspecified atom stereocenters. The van der Waals surface area contributed by atoms with Crippen LogP contribution < -0.4 is 5.32 Å². The van der Waals surface area contributed by atoms with Crippen LogP contribution in [0.1, 0.15) is 35.7 Å². The first-order valence-corrected chi connectivity index (χ1v) is 8.73. The van der Waals surface area contributed by atoms with Gasteiger partial charge in [-0.3, -0.25) is 4.90 Å². The largest absolute Gasteiger partial charge is 0.369 e. The second-order valence-electron chi connectivity index (χ2n) is 6.43. The highest BCUT2D eigenvalue weighted by Crippen LogP contribution is 2.38. The monoisotopic (exact) mass is 328 g/mol. The van der Waals surface area contributed by atoms with Crippen LogP contribution in [0.4, 0.5) is 5.82 Å². The lowest BCUT2D eigenvalue weighted by Crippen LogP contribution is -2.34. The molecular weight excluding hydrogens is 308 g/mol. The van der Waals surface area contributed by atoms with Gasteiger partial charge in [-0.2, -0.15) is 0 Å². The first kappa shape index (κ1) is 14.9. The minimum atomic E-state index is 0.521. The lowest BCUT2D eigenvalue weighted by Gasteiger charge is -2.28. The molecule has 2 aromatic rings. The van der Waals surface area contributed by atoms with Crippen molar-refractivity contribution in [1.82, 2.24) is 14.9 Å². The number of anilines is 1. The molecule has 2 aliphatic rings. The number of benzene rings is 1. The third-order valence-corrected chi connectivity index (χ3v) is 4.79. The number of hydrogen-bond acceptors (Lipinski definition) is 4. The van der Waals surface area contributed by atoms with Gasteiger partial charge in [0.15, 0.2) is 0 Å². The zero-order valence-corrected chi connectivity index (χ0v) is 13.9. The van der Waals surface area contributed by atoms with Gasteiger partial charge < -0.3 is 5.32 Å². The minimum Gasteiger partial charge on any atom is -0.369 e. The van der Waals surface area contributed by atoms with E-state index in [1.165, 1.54) is 24.0 Å². The molecule has 0 atom stereocenters. The maximum Gasteiger partial charge on any atom is 0.135 e. The molecular formula is C18H21ClN4. The Morgan fingerprint density at radius 2 is 2.00 bits per heavy atom. The van der Waals surface area contributed by atoms with Gasteiger partial charge in [-0.1, -0.05) is 35.9 Å². The average Bonchev–Trinajstić information content (AvgIpc) is 3.39. The Bertz CT molecular complexity index is 699. The molecule has 1 aromatic carbocycles. The van der Waals surface area contributed by atoms with E-state index in [1.807, 2.05) is 6.07 Å². The second-order valence-corrected chi connectivity index (χ2v) is 6.82. The summed E-state index contributed by atoms with van der Waals surface area (Å²) < 4.78 is 0. The van der Waals surface area contributed by atoms with E-state index in [0.29, 0.717) is 11.1 Å². The van der Waals surface area contributed by atoms with Crippen LogP contribution in [0, 0.1) is 0 Å². The number of hydrogen-bond donors (Lipinski definition) is 1. The Morgan fingerprint density at radius 3 is 2.83 bits per heavy atom. The van der Waals surface area contributed by atoms with E-state index < -0.39 is 0 Å². The van der Waals surface area contributed by atoms with Crippen molar-refractivity contribution in [2.24, 2.45) is 0 Å². The lowest BCUT2D eigenvalue weighted by atomic mass is 10.00. The third-order valence-electron chi connectivity index (χ3n) is 4.60. The number of rotatable bonds is 5. The van der Waals surface area contributed by atoms with Crippen LogP contribution in [-0.4, -0.2) is 34.5 Å². The summed E-state index contributed by atoms with van der Waals surface area (Å²) in [5.74, 6) is 2.27. The smallest absolute Gasteiger partial charge is 0.135 e. The van der Waals surface area contributed by atoms with Crippen molar-refractivity contribution in [3.05, 3.63) is 52.4 Å². The number of nitrogens with one attached hydrogen (secondary N) is 1. The molecule has 2 heterocycles. The molecule has 1 N–H and O–H groups in total. The van der Waals surface area contributed by atoms with Gasteiger partial charge in [-0.05, 0) is 30.4 Å². The van der Waals surface area contributed by atoms with Crippen LogP contribution in [0.5, 0.6) is 0 Å². The molecule has 0 spiro atoms. The van der Waals surface area contributed by atoms with E-state index in [-0.39, 0.29) is 0 Å². The summed E-state index contributed by atoms with van der Waals surface area (Å²) in [5, 5.41) is 3.94. The fourth-order valence-electron chi connectivity index (χ4n) is 3.14. The van der Waals surface area contributed by atoms with Crippen LogP contribution in [-0.2, 0) is 13.0 Å². The Morgan fingerprint density at radius 1 is 1.17 bits per heavy atom. The summed E-state index contributed by atoms with van der Waals surface area (Å²) in [4.78, 5) is 11.4. The predicted octanol–water partition coefficient (Wildman–Crippen LogP) is 3.48. The van der Waals surface area contributed by atoms with Crippen LogP contribution in [0.15, 0.2) is 30.3 Å². The SMILES string of the molecule is Clc1cc(NCCN2CCc3ccccc3C2)nc(C2CC2)n1. The van der Waals surface area contributed by atoms with Gasteiger partial charge in [0, 0.05) is 38.2 Å². The number of aromatic nitrogens is 2. The van der Waals surface area contributed by atoms with Gasteiger partial charge in [-0.25, -0.2) is 9.97 Å². The van der Waals surface area contributed by atoms with Gasteiger partial charge in [0.25, 0.3) is 0 Å². The van der Waals surface area contributed by atoms with Crippen LogP contribution in [0.2, 0.25) is 5.15 Å². The molecule has 0 bridgehead atoms. The van der Waals surface area contributed by atoms with E-state index in [1.54, 1.807) is 0 Å². The first-order valence-electron chi connectivity index (χ1n) is 8.35. The normalized spacial score (nSPS) is 17.8. The van der Waals surface area contributed by atoms with E-state index in [9.17, 15) is 0 Å². The fourth-order valence-corrected chi connectivity index (χ4v) is 3.33. The summed E-state index contributed by atoms with van der Waals surface area (Å²) in [6.07, 6.45) is 3.52. The van der Waals surface area contributed by atoms with Crippen molar-refractivity contribution in [2.45, 2.75) is 31.7 Å². The molecule has 4 rings (SSSR count). The van der Waals surface area contributed by atoms with Gasteiger partial charge >= 0.3 is 0 Å². The van der Waals surface area contributed by atoms with Crippen molar-refractivity contribution in [2.75, 3.05) is 25.0 Å². The number of fused-ring (bicyclic) bond motifs is 1. The van der Waals surface area contributed by atoms with Gasteiger partial charge in [0.1, 0.15) is 16.8 Å². The molecule has 1 aliphatic carbocycles. The van der Waals surface area contributed by atoms with Crippen molar-refractivity contribution < 1.29 is 0 Å². The highest BCUT2D eigenvalue weighted by molar-refractivity contribution is 6.29. The molecule has 0 radical (unpaired) electrons. The fraction of sp³-hybridized carbons (Fsp3) is 0.444. The second kappa shape index (κ2) is 6.46. The number of nitrogens with zero attached hydrogens (tertiary/aromatic N) is 3. The topological polar surface area (TPSA) is 41.0 Å². The van der Waals surface area contributed by atoms with Gasteiger partial charge in [-0.15, -0.1) is 0 Å². The molecule has 0 amide bonds. The third kappa shape index (κ3) is 3.65. The minimum absolute atomic E-state index is 0.521. The van der Waals surface area contributed by atoms with E-state index in [4.69, 9.17) is 11.6 Å². The van der Waals surface area contributed by atoms with Crippen LogP contribution in [0.25, 0.3) is 0 Å². The van der Waals surface area contributed by atoms with Crippen molar-refractivity contribution in [3.8, 4) is 0 Å². The summed E-state index contributed by atoms with van der Waals surface area (Å²) in [7, 11) is 0. The Labute approximate surface area is 141 Å². The molecule has 5 heteroatoms. The van der Waals surface area contributed by atoms with Gasteiger partial charge in [0.05, 0.1) is 0 Å². The summed E-state index contributed by atoms with van der Waals surface area (Å²) in [6, 6.07) is 10.6. The summed E-state index contributed by atoms with van der Waals surface area (Å²) in [6.45, 7) is 4.04. The van der Waals surface area contributed by atoms with Crippen molar-refractivity contribution in [1.29, 1.82) is 0 Å². The maximum atomic E-state index is 6.10. The molecule has 1 aliphatic heterocycles. The molecule has 1 fully saturated rings. The van der Waals surface area contributed by atoms with Crippen molar-refractivity contribution >= 4 is 17.4 Å². The molecule has 4 nitrogen and oxygen atoms in total. The average molecular weight is 329 g/mol. The first-order chi connectivity index (χ1) is 11.3. The van der Waals surface area contributed by atoms with Crippen LogP contribution >= 0.6 is 11.6 Å². The van der Waals surface area contributed by atoms with E-state index in [2.05, 4.69) is 44.5 Å². The van der Waals surface area contributed by atoms with Crippen molar-refractivity contribution in [3.63, 3.8) is 0 Å². The Kier molecular flexibility index (Phi) is 4.19. The quantitative estimate of drug-likeness (QED) is 0.853. The summed E-state index contributed by atoms with van der Waals surface area (Å²) in [5.41, 5.74) is 2.95. The predicted molar refractivity (Wildman–Crippen MR) is 92.9 cm³/mol.